The van der Waals surface area contributed by atoms with E-state index < -0.39 is 18.4 Å². The highest BCUT2D eigenvalue weighted by atomic mass is 19.3. The van der Waals surface area contributed by atoms with Gasteiger partial charge in [-0.3, -0.25) is 0 Å². The minimum atomic E-state index is -2.91. The predicted octanol–water partition coefficient (Wildman–Crippen LogP) is 4.03. The van der Waals surface area contributed by atoms with Crippen LogP contribution in [-0.4, -0.2) is 87.8 Å². The number of halogens is 2. The number of pyridine rings is 2. The van der Waals surface area contributed by atoms with E-state index in [1.807, 2.05) is 18.5 Å². The number of nitrogens with one attached hydrogen (secondary N) is 1. The number of aromatic nitrogens is 4. The van der Waals surface area contributed by atoms with E-state index in [0.29, 0.717) is 18.2 Å². The highest BCUT2D eigenvalue weighted by Gasteiger charge is 2.53. The summed E-state index contributed by atoms with van der Waals surface area (Å²) in [5.74, 6) is -1.09. The highest BCUT2D eigenvalue weighted by Crippen LogP contribution is 2.44. The number of fused-ring (bicyclic) bond motifs is 1. The van der Waals surface area contributed by atoms with Crippen LogP contribution >= 0.6 is 0 Å². The van der Waals surface area contributed by atoms with Crippen molar-refractivity contribution in [1.82, 2.24) is 24.8 Å². The van der Waals surface area contributed by atoms with Gasteiger partial charge in [-0.15, -0.1) is 0 Å². The van der Waals surface area contributed by atoms with Crippen LogP contribution in [0.15, 0.2) is 30.7 Å². The molecule has 0 aromatic carbocycles. The number of hydrogen-bond acceptors (Lipinski definition) is 9. The fourth-order valence-electron chi connectivity index (χ4n) is 6.41. The van der Waals surface area contributed by atoms with E-state index in [9.17, 15) is 8.78 Å². The molecule has 3 fully saturated rings. The number of rotatable bonds is 7. The number of likely N-dealkylation sites (N-methyl/N-ethyl adjacent to an activating group) is 1. The molecule has 39 heavy (non-hydrogen) atoms. The number of anilines is 4. The Hall–Kier alpha value is -3.18. The Morgan fingerprint density at radius 1 is 1.08 bits per heavy atom. The fraction of sp³-hybridized carbons (Fsp3) is 0.571. The third-order valence-electron chi connectivity index (χ3n) is 8.57. The van der Waals surface area contributed by atoms with E-state index >= 15 is 0 Å². The van der Waals surface area contributed by atoms with Gasteiger partial charge in [-0.2, -0.15) is 4.98 Å². The highest BCUT2D eigenvalue weighted by molar-refractivity contribution is 5.96. The van der Waals surface area contributed by atoms with E-state index in [-0.39, 0.29) is 36.9 Å². The standard InChI is InChI=1S/C28H36F2N8O/c1-18(2)21-13-33-25(38-10-7-27(38)15-36(3)16-27)22-14-32-24(12-20(21)22)34-23-4-8-31-26(35-23)37-9-5-19(6-11-39)28(29,30)17-37/h4,8,12-14,18-19,39H,5-7,9-11,15-17H2,1-3H3,(H,31,32,34,35). The Bertz CT molecular complexity index is 1360. The molecule has 1 spiro atoms. The van der Waals surface area contributed by atoms with E-state index in [1.54, 1.807) is 12.3 Å². The Morgan fingerprint density at radius 3 is 2.56 bits per heavy atom. The summed E-state index contributed by atoms with van der Waals surface area (Å²) in [4.78, 5) is 24.7. The minimum Gasteiger partial charge on any atom is -0.396 e. The van der Waals surface area contributed by atoms with Gasteiger partial charge in [0.05, 0.1) is 12.1 Å². The molecule has 11 heteroatoms. The van der Waals surface area contributed by atoms with Crippen molar-refractivity contribution in [2.75, 3.05) is 61.5 Å². The monoisotopic (exact) mass is 538 g/mol. The molecule has 1 atom stereocenters. The predicted molar refractivity (Wildman–Crippen MR) is 148 cm³/mol. The Morgan fingerprint density at radius 2 is 1.90 bits per heavy atom. The van der Waals surface area contributed by atoms with Crippen molar-refractivity contribution in [3.05, 3.63) is 36.3 Å². The van der Waals surface area contributed by atoms with Gasteiger partial charge in [0, 0.05) is 62.7 Å². The number of aliphatic hydroxyl groups is 1. The molecular formula is C28H36F2N8O. The van der Waals surface area contributed by atoms with Gasteiger partial charge < -0.3 is 25.1 Å². The lowest BCUT2D eigenvalue weighted by Crippen LogP contribution is -2.76. The third-order valence-corrected chi connectivity index (χ3v) is 8.57. The van der Waals surface area contributed by atoms with Crippen molar-refractivity contribution in [1.29, 1.82) is 0 Å². The van der Waals surface area contributed by atoms with Gasteiger partial charge in [0.1, 0.15) is 17.5 Å². The lowest BCUT2D eigenvalue weighted by Gasteiger charge is -2.62. The molecule has 208 valence electrons. The number of alkyl halides is 2. The molecule has 6 rings (SSSR count). The number of aliphatic hydroxyl groups excluding tert-OH is 1. The van der Waals surface area contributed by atoms with Gasteiger partial charge in [0.15, 0.2) is 0 Å². The van der Waals surface area contributed by atoms with Crippen LogP contribution in [0.2, 0.25) is 0 Å². The summed E-state index contributed by atoms with van der Waals surface area (Å²) in [6.45, 7) is 7.14. The number of nitrogens with zero attached hydrogens (tertiary/aromatic N) is 7. The average molecular weight is 539 g/mol. The SMILES string of the molecule is CC(C)c1cnc(N2CCC23CN(C)C3)c2cnc(Nc3ccnc(N4CCC(CCO)C(F)(F)C4)n3)cc12. The molecule has 3 aromatic heterocycles. The third kappa shape index (κ3) is 4.65. The molecule has 0 amide bonds. The molecule has 6 heterocycles. The van der Waals surface area contributed by atoms with Gasteiger partial charge >= 0.3 is 0 Å². The van der Waals surface area contributed by atoms with Crippen molar-refractivity contribution in [3.63, 3.8) is 0 Å². The maximum absolute atomic E-state index is 14.7. The Balaban J connectivity index is 1.26. The normalized spacial score (nSPS) is 22.3. The summed E-state index contributed by atoms with van der Waals surface area (Å²) in [7, 11) is 2.15. The van der Waals surface area contributed by atoms with E-state index in [4.69, 9.17) is 15.1 Å². The maximum Gasteiger partial charge on any atom is 0.268 e. The minimum absolute atomic E-state index is 0.0995. The van der Waals surface area contributed by atoms with Crippen molar-refractivity contribution >= 4 is 34.2 Å². The lowest BCUT2D eigenvalue weighted by molar-refractivity contribution is -0.0719. The maximum atomic E-state index is 14.7. The Kier molecular flexibility index (Phi) is 6.53. The summed E-state index contributed by atoms with van der Waals surface area (Å²) in [5, 5.41) is 14.5. The van der Waals surface area contributed by atoms with Gasteiger partial charge in [0.25, 0.3) is 5.92 Å². The van der Waals surface area contributed by atoms with Crippen LogP contribution in [0.5, 0.6) is 0 Å². The van der Waals surface area contributed by atoms with Crippen LogP contribution in [0, 0.1) is 5.92 Å². The largest absolute Gasteiger partial charge is 0.396 e. The molecule has 9 nitrogen and oxygen atoms in total. The molecular weight excluding hydrogens is 502 g/mol. The molecule has 2 N–H and O–H groups in total. The van der Waals surface area contributed by atoms with Crippen LogP contribution in [0.4, 0.5) is 32.2 Å². The second-order valence-corrected chi connectivity index (χ2v) is 11.7. The second kappa shape index (κ2) is 9.78. The molecule has 3 aliphatic rings. The van der Waals surface area contributed by atoms with Crippen LogP contribution in [0.3, 0.4) is 0 Å². The van der Waals surface area contributed by atoms with Crippen LogP contribution in [-0.2, 0) is 0 Å². The first-order valence-corrected chi connectivity index (χ1v) is 13.8. The molecule has 3 aliphatic heterocycles. The molecule has 0 radical (unpaired) electrons. The van der Waals surface area contributed by atoms with Crippen LogP contribution in [0.25, 0.3) is 10.8 Å². The summed E-state index contributed by atoms with van der Waals surface area (Å²) < 4.78 is 29.3. The van der Waals surface area contributed by atoms with E-state index in [0.717, 1.165) is 41.8 Å². The molecule has 3 saturated heterocycles. The number of hydrogen-bond donors (Lipinski definition) is 2. The van der Waals surface area contributed by atoms with Crippen molar-refractivity contribution < 1.29 is 13.9 Å². The van der Waals surface area contributed by atoms with Gasteiger partial charge in [-0.05, 0) is 55.3 Å². The Labute approximate surface area is 227 Å². The first-order chi connectivity index (χ1) is 18.7. The van der Waals surface area contributed by atoms with Crippen molar-refractivity contribution in [2.45, 2.75) is 50.5 Å². The number of piperidine rings is 1. The zero-order valence-corrected chi connectivity index (χ0v) is 22.7. The topological polar surface area (TPSA) is 93.5 Å². The second-order valence-electron chi connectivity index (χ2n) is 11.7. The molecule has 3 aromatic rings. The molecule has 0 saturated carbocycles. The smallest absolute Gasteiger partial charge is 0.268 e. The summed E-state index contributed by atoms with van der Waals surface area (Å²) in [6.07, 6.45) is 7.01. The van der Waals surface area contributed by atoms with Gasteiger partial charge in [-0.1, -0.05) is 13.8 Å². The lowest BCUT2D eigenvalue weighted by atomic mass is 9.77. The van der Waals surface area contributed by atoms with Crippen LogP contribution in [0.1, 0.15) is 44.6 Å². The van der Waals surface area contributed by atoms with E-state index in [2.05, 4.69) is 46.0 Å². The van der Waals surface area contributed by atoms with Gasteiger partial charge in [0.2, 0.25) is 5.95 Å². The van der Waals surface area contributed by atoms with E-state index in [1.165, 1.54) is 11.3 Å². The summed E-state index contributed by atoms with van der Waals surface area (Å²) >= 11 is 0. The first-order valence-electron chi connectivity index (χ1n) is 13.8. The van der Waals surface area contributed by atoms with Crippen molar-refractivity contribution in [2.24, 2.45) is 5.92 Å². The quantitative estimate of drug-likeness (QED) is 0.463. The van der Waals surface area contributed by atoms with Crippen LogP contribution < -0.4 is 15.1 Å². The molecule has 0 aliphatic carbocycles. The zero-order valence-electron chi connectivity index (χ0n) is 22.7. The zero-order chi connectivity index (χ0) is 27.4. The first kappa shape index (κ1) is 26.1. The average Bonchev–Trinajstić information content (AvgIpc) is 2.87. The van der Waals surface area contributed by atoms with Gasteiger partial charge in [-0.25, -0.2) is 23.7 Å². The summed E-state index contributed by atoms with van der Waals surface area (Å²) in [5.41, 5.74) is 1.34. The molecule has 0 bridgehead atoms. The summed E-state index contributed by atoms with van der Waals surface area (Å²) in [6, 6.07) is 3.75. The number of likely N-dealkylation sites (tertiary alicyclic amines) is 1. The molecule has 1 unspecified atom stereocenters. The fourth-order valence-corrected chi connectivity index (χ4v) is 6.41. The van der Waals surface area contributed by atoms with Crippen molar-refractivity contribution in [3.8, 4) is 0 Å².